The van der Waals surface area contributed by atoms with Gasteiger partial charge in [-0.25, -0.2) is 0 Å². The summed E-state index contributed by atoms with van der Waals surface area (Å²) in [6.07, 6.45) is 0.482. The zero-order valence-electron chi connectivity index (χ0n) is 13.1. The van der Waals surface area contributed by atoms with Gasteiger partial charge in [-0.3, -0.25) is 9.59 Å². The van der Waals surface area contributed by atoms with Gasteiger partial charge in [0.2, 0.25) is 11.8 Å². The summed E-state index contributed by atoms with van der Waals surface area (Å²) in [5, 5.41) is 3.91. The second kappa shape index (κ2) is 7.85. The lowest BCUT2D eigenvalue weighted by Crippen LogP contribution is -2.55. The van der Waals surface area contributed by atoms with Gasteiger partial charge in [-0.2, -0.15) is 11.8 Å². The quantitative estimate of drug-likeness (QED) is 0.845. The molecule has 1 aromatic rings. The highest BCUT2D eigenvalue weighted by Crippen LogP contribution is 2.32. The number of benzene rings is 1. The molecule has 0 saturated carbocycles. The highest BCUT2D eigenvalue weighted by molar-refractivity contribution is 7.99. The maximum atomic E-state index is 12.6. The first kappa shape index (κ1) is 17.7. The molecular formula is C16H19Cl2N3O2S. The molecule has 0 spiro atoms. The second-order valence-electron chi connectivity index (χ2n) is 5.83. The van der Waals surface area contributed by atoms with E-state index in [1.54, 1.807) is 17.8 Å². The Kier molecular flexibility index (Phi) is 5.79. The first-order chi connectivity index (χ1) is 11.6. The summed E-state index contributed by atoms with van der Waals surface area (Å²) in [4.78, 5) is 28.3. The van der Waals surface area contributed by atoms with Crippen LogP contribution >= 0.6 is 35.0 Å². The smallest absolute Gasteiger partial charge is 0.246 e. The zero-order chi connectivity index (χ0) is 17.1. The minimum absolute atomic E-state index is 0.00888. The van der Waals surface area contributed by atoms with Crippen LogP contribution in [-0.4, -0.2) is 60.4 Å². The van der Waals surface area contributed by atoms with Crippen molar-refractivity contribution >= 4 is 52.5 Å². The number of anilines is 1. The minimum atomic E-state index is -0.411. The highest BCUT2D eigenvalue weighted by Gasteiger charge is 2.30. The third kappa shape index (κ3) is 3.92. The predicted octanol–water partition coefficient (Wildman–Crippen LogP) is 2.26. The van der Waals surface area contributed by atoms with E-state index in [1.165, 1.54) is 0 Å². The molecule has 3 rings (SSSR count). The van der Waals surface area contributed by atoms with Gasteiger partial charge in [0.25, 0.3) is 0 Å². The van der Waals surface area contributed by atoms with Crippen LogP contribution < -0.4 is 10.2 Å². The molecule has 0 aromatic heterocycles. The van der Waals surface area contributed by atoms with Crippen LogP contribution in [0.2, 0.25) is 10.0 Å². The molecule has 8 heteroatoms. The summed E-state index contributed by atoms with van der Waals surface area (Å²) in [5.74, 6) is 1.39. The van der Waals surface area contributed by atoms with Crippen molar-refractivity contribution < 1.29 is 9.59 Å². The monoisotopic (exact) mass is 387 g/mol. The first-order valence-corrected chi connectivity index (χ1v) is 9.82. The van der Waals surface area contributed by atoms with Crippen molar-refractivity contribution in [2.24, 2.45) is 0 Å². The van der Waals surface area contributed by atoms with Crippen molar-refractivity contribution in [2.45, 2.75) is 12.5 Å². The second-order valence-corrected chi connectivity index (χ2v) is 7.77. The number of halogens is 2. The number of piperazine rings is 1. The van der Waals surface area contributed by atoms with E-state index < -0.39 is 6.04 Å². The fourth-order valence-electron chi connectivity index (χ4n) is 2.93. The van der Waals surface area contributed by atoms with Crippen molar-refractivity contribution in [1.29, 1.82) is 0 Å². The standard InChI is InChI=1S/C16H19Cl2N3O2S/c17-11-2-1-3-13(15(11)18)20-5-7-21(8-6-20)16(23)12-10-24-9-4-14(22)19-12/h1-3,12H,4-10H2,(H,19,22)/t12-/m0/s1. The number of hydrogen-bond acceptors (Lipinski definition) is 4. The molecule has 1 N–H and O–H groups in total. The summed E-state index contributed by atoms with van der Waals surface area (Å²) in [7, 11) is 0. The third-order valence-corrected chi connectivity index (χ3v) is 6.13. The summed E-state index contributed by atoms with van der Waals surface area (Å²) in [5.41, 5.74) is 0.898. The normalized spacial score (nSPS) is 22.1. The van der Waals surface area contributed by atoms with Gasteiger partial charge in [0.15, 0.2) is 0 Å². The number of nitrogens with zero attached hydrogens (tertiary/aromatic N) is 2. The summed E-state index contributed by atoms with van der Waals surface area (Å²) < 4.78 is 0. The fourth-order valence-corrected chi connectivity index (χ4v) is 4.31. The molecule has 24 heavy (non-hydrogen) atoms. The van der Waals surface area contributed by atoms with Gasteiger partial charge in [-0.1, -0.05) is 29.3 Å². The van der Waals surface area contributed by atoms with Crippen LogP contribution in [0.1, 0.15) is 6.42 Å². The molecule has 0 unspecified atom stereocenters. The lowest BCUT2D eigenvalue weighted by atomic mass is 10.2. The van der Waals surface area contributed by atoms with Gasteiger partial charge < -0.3 is 15.1 Å². The van der Waals surface area contributed by atoms with Crippen LogP contribution in [0, 0.1) is 0 Å². The Morgan fingerprint density at radius 3 is 2.71 bits per heavy atom. The van der Waals surface area contributed by atoms with Crippen molar-refractivity contribution in [3.05, 3.63) is 28.2 Å². The molecule has 0 radical (unpaired) electrons. The summed E-state index contributed by atoms with van der Waals surface area (Å²) in [6.45, 7) is 2.61. The van der Waals surface area contributed by atoms with Crippen molar-refractivity contribution in [3.63, 3.8) is 0 Å². The van der Waals surface area contributed by atoms with Gasteiger partial charge in [0.1, 0.15) is 6.04 Å². The summed E-state index contributed by atoms with van der Waals surface area (Å²) in [6, 6.07) is 5.17. The maximum absolute atomic E-state index is 12.6. The van der Waals surface area contributed by atoms with E-state index in [0.717, 1.165) is 11.4 Å². The Labute approximate surface area is 155 Å². The SMILES string of the molecule is O=C1CCSC[C@@H](C(=O)N2CCN(c3cccc(Cl)c3Cl)CC2)N1. The number of nitrogens with one attached hydrogen (secondary N) is 1. The van der Waals surface area contributed by atoms with Crippen molar-refractivity contribution in [2.75, 3.05) is 42.6 Å². The van der Waals surface area contributed by atoms with Gasteiger partial charge in [-0.15, -0.1) is 0 Å². The largest absolute Gasteiger partial charge is 0.367 e. The van der Waals surface area contributed by atoms with Crippen LogP contribution in [0.3, 0.4) is 0 Å². The predicted molar refractivity (Wildman–Crippen MR) is 99.1 cm³/mol. The Morgan fingerprint density at radius 1 is 1.21 bits per heavy atom. The van der Waals surface area contributed by atoms with Gasteiger partial charge in [-0.05, 0) is 12.1 Å². The molecule has 0 aliphatic carbocycles. The van der Waals surface area contributed by atoms with Crippen LogP contribution in [0.4, 0.5) is 5.69 Å². The van der Waals surface area contributed by atoms with Gasteiger partial charge in [0.05, 0.1) is 15.7 Å². The van der Waals surface area contributed by atoms with E-state index in [0.29, 0.717) is 48.4 Å². The van der Waals surface area contributed by atoms with Crippen LogP contribution in [0.15, 0.2) is 18.2 Å². The Morgan fingerprint density at radius 2 is 1.96 bits per heavy atom. The molecule has 1 aromatic carbocycles. The number of rotatable bonds is 2. The van der Waals surface area contributed by atoms with Crippen molar-refractivity contribution in [3.8, 4) is 0 Å². The fraction of sp³-hybridized carbons (Fsp3) is 0.500. The zero-order valence-corrected chi connectivity index (χ0v) is 15.5. The van der Waals surface area contributed by atoms with E-state index in [2.05, 4.69) is 10.2 Å². The molecular weight excluding hydrogens is 369 g/mol. The number of carbonyl (C=O) groups is 2. The van der Waals surface area contributed by atoms with E-state index >= 15 is 0 Å². The lowest BCUT2D eigenvalue weighted by Gasteiger charge is -2.37. The molecule has 2 fully saturated rings. The number of carbonyl (C=O) groups excluding carboxylic acids is 2. The Hall–Kier alpha value is -1.11. The minimum Gasteiger partial charge on any atom is -0.367 e. The number of thioether (sulfide) groups is 1. The van der Waals surface area contributed by atoms with Crippen LogP contribution in [-0.2, 0) is 9.59 Å². The maximum Gasteiger partial charge on any atom is 0.246 e. The van der Waals surface area contributed by atoms with E-state index in [4.69, 9.17) is 23.2 Å². The van der Waals surface area contributed by atoms with E-state index in [9.17, 15) is 9.59 Å². The Balaban J connectivity index is 1.61. The van der Waals surface area contributed by atoms with E-state index in [1.807, 2.05) is 17.0 Å². The molecule has 2 amide bonds. The van der Waals surface area contributed by atoms with Crippen molar-refractivity contribution in [1.82, 2.24) is 10.2 Å². The molecule has 130 valence electrons. The third-order valence-electron chi connectivity index (χ3n) is 4.25. The summed E-state index contributed by atoms with van der Waals surface area (Å²) >= 11 is 14.0. The Bertz CT molecular complexity index is 636. The first-order valence-electron chi connectivity index (χ1n) is 7.91. The lowest BCUT2D eigenvalue weighted by molar-refractivity contribution is -0.135. The molecule has 2 aliphatic rings. The van der Waals surface area contributed by atoms with Gasteiger partial charge in [0, 0.05) is 44.1 Å². The average molecular weight is 388 g/mol. The van der Waals surface area contributed by atoms with Crippen LogP contribution in [0.5, 0.6) is 0 Å². The topological polar surface area (TPSA) is 52.7 Å². The number of hydrogen-bond donors (Lipinski definition) is 1. The van der Waals surface area contributed by atoms with Gasteiger partial charge >= 0.3 is 0 Å². The number of amides is 2. The molecule has 2 aliphatic heterocycles. The van der Waals surface area contributed by atoms with Crippen LogP contribution in [0.25, 0.3) is 0 Å². The molecule has 5 nitrogen and oxygen atoms in total. The average Bonchev–Trinajstić information content (AvgIpc) is 2.81. The molecule has 2 saturated heterocycles. The highest BCUT2D eigenvalue weighted by atomic mass is 35.5. The van der Waals surface area contributed by atoms with E-state index in [-0.39, 0.29) is 11.8 Å². The molecule has 1 atom stereocenters. The molecule has 2 heterocycles. The molecule has 0 bridgehead atoms.